The van der Waals surface area contributed by atoms with E-state index in [4.69, 9.17) is 0 Å². The third kappa shape index (κ3) is 3.68. The molecule has 0 aromatic carbocycles. The molecule has 5 rings (SSSR count). The minimum atomic E-state index is -3.23. The number of hydrogen-bond donors (Lipinski definition) is 1. The van der Waals surface area contributed by atoms with Crippen LogP contribution >= 0.6 is 0 Å². The lowest BCUT2D eigenvalue weighted by molar-refractivity contribution is -0.150. The summed E-state index contributed by atoms with van der Waals surface area (Å²) in [6.07, 6.45) is 9.61. The number of nitrogens with one attached hydrogen (secondary N) is 1. The molecule has 2 aromatic rings. The first-order valence-electron chi connectivity index (χ1n) is 10.8. The maximum Gasteiger partial charge on any atom is 0.326 e. The standard InChI is InChI=1S/C21H24F2N6O2/c22-21(23)8-10-29(19(21)31)14-6-4-13(5-7-14)25-18(30)17-15-2-1-3-16(15)26-20(27-17)28-11-9-24-12-28/h9,11-14H,1-8,10H2,(H,25,30)/t13-,14-. The van der Waals surface area contributed by atoms with Crippen molar-refractivity contribution in [1.29, 1.82) is 0 Å². The zero-order valence-electron chi connectivity index (χ0n) is 17.1. The van der Waals surface area contributed by atoms with Gasteiger partial charge in [-0.3, -0.25) is 14.2 Å². The number of amides is 2. The van der Waals surface area contributed by atoms with E-state index < -0.39 is 18.3 Å². The normalized spacial score (nSPS) is 25.0. The fourth-order valence-electron chi connectivity index (χ4n) is 4.91. The number of imidazole rings is 1. The van der Waals surface area contributed by atoms with Crippen LogP contribution in [0.25, 0.3) is 5.95 Å². The molecule has 31 heavy (non-hydrogen) atoms. The molecule has 2 aliphatic carbocycles. The van der Waals surface area contributed by atoms with Crippen molar-refractivity contribution in [1.82, 2.24) is 29.7 Å². The number of carbonyl (C=O) groups is 2. The first kappa shape index (κ1) is 20.0. The number of halogens is 2. The predicted octanol–water partition coefficient (Wildman–Crippen LogP) is 2.06. The zero-order valence-corrected chi connectivity index (χ0v) is 17.1. The Labute approximate surface area is 178 Å². The molecule has 10 heteroatoms. The minimum absolute atomic E-state index is 0.0642. The Balaban J connectivity index is 1.26. The third-order valence-corrected chi connectivity index (χ3v) is 6.58. The van der Waals surface area contributed by atoms with Gasteiger partial charge in [-0.15, -0.1) is 0 Å². The van der Waals surface area contributed by atoms with Gasteiger partial charge in [-0.05, 0) is 44.9 Å². The number of rotatable bonds is 4. The average molecular weight is 430 g/mol. The number of aryl methyl sites for hydroxylation is 1. The van der Waals surface area contributed by atoms with Gasteiger partial charge in [0, 0.05) is 48.7 Å². The number of nitrogens with zero attached hydrogens (tertiary/aromatic N) is 5. The van der Waals surface area contributed by atoms with Gasteiger partial charge >= 0.3 is 5.92 Å². The van der Waals surface area contributed by atoms with Gasteiger partial charge in [0.05, 0.1) is 0 Å². The number of likely N-dealkylation sites (tertiary alicyclic amines) is 1. The molecule has 2 aromatic heterocycles. The molecule has 1 saturated heterocycles. The molecule has 3 aliphatic rings. The molecular formula is C21H24F2N6O2. The van der Waals surface area contributed by atoms with E-state index >= 15 is 0 Å². The highest BCUT2D eigenvalue weighted by Crippen LogP contribution is 2.34. The second-order valence-electron chi connectivity index (χ2n) is 8.55. The van der Waals surface area contributed by atoms with Crippen LogP contribution in [-0.2, 0) is 17.6 Å². The van der Waals surface area contributed by atoms with Gasteiger partial charge in [-0.2, -0.15) is 8.78 Å². The summed E-state index contributed by atoms with van der Waals surface area (Å²) in [5.41, 5.74) is 2.21. The second-order valence-corrected chi connectivity index (χ2v) is 8.55. The van der Waals surface area contributed by atoms with Crippen LogP contribution < -0.4 is 5.32 Å². The first-order valence-corrected chi connectivity index (χ1v) is 10.8. The van der Waals surface area contributed by atoms with E-state index in [-0.39, 0.29) is 24.5 Å². The molecule has 2 fully saturated rings. The summed E-state index contributed by atoms with van der Waals surface area (Å²) >= 11 is 0. The van der Waals surface area contributed by atoms with E-state index in [0.29, 0.717) is 37.3 Å². The van der Waals surface area contributed by atoms with Crippen molar-refractivity contribution >= 4 is 11.8 Å². The fraction of sp³-hybridized carbons (Fsp3) is 0.571. The minimum Gasteiger partial charge on any atom is -0.348 e. The molecule has 0 unspecified atom stereocenters. The van der Waals surface area contributed by atoms with Crippen molar-refractivity contribution in [3.63, 3.8) is 0 Å². The van der Waals surface area contributed by atoms with Crippen molar-refractivity contribution in [3.05, 3.63) is 35.7 Å². The first-order chi connectivity index (χ1) is 14.9. The molecule has 0 bridgehead atoms. The topological polar surface area (TPSA) is 93.0 Å². The maximum atomic E-state index is 13.6. The molecule has 1 N–H and O–H groups in total. The Kier molecular flexibility index (Phi) is 4.94. The lowest BCUT2D eigenvalue weighted by atomic mass is 9.90. The van der Waals surface area contributed by atoms with Crippen molar-refractivity contribution in [2.75, 3.05) is 6.54 Å². The Bertz CT molecular complexity index is 1000. The summed E-state index contributed by atoms with van der Waals surface area (Å²) in [5.74, 6) is -4.08. The zero-order chi connectivity index (χ0) is 21.6. The van der Waals surface area contributed by atoms with E-state index in [1.165, 1.54) is 4.90 Å². The molecule has 3 heterocycles. The Hall–Kier alpha value is -2.91. The molecule has 2 amide bonds. The Morgan fingerprint density at radius 2 is 1.97 bits per heavy atom. The van der Waals surface area contributed by atoms with Crippen LogP contribution in [0.4, 0.5) is 8.78 Å². The predicted molar refractivity (Wildman–Crippen MR) is 106 cm³/mol. The monoisotopic (exact) mass is 430 g/mol. The number of aromatic nitrogens is 4. The lowest BCUT2D eigenvalue weighted by Gasteiger charge is -2.34. The summed E-state index contributed by atoms with van der Waals surface area (Å²) in [7, 11) is 0. The van der Waals surface area contributed by atoms with Crippen molar-refractivity contribution < 1.29 is 18.4 Å². The Morgan fingerprint density at radius 3 is 2.65 bits per heavy atom. The average Bonchev–Trinajstić information content (AvgIpc) is 3.50. The lowest BCUT2D eigenvalue weighted by Crippen LogP contribution is -2.46. The smallest absolute Gasteiger partial charge is 0.326 e. The second kappa shape index (κ2) is 7.65. The number of hydrogen-bond acceptors (Lipinski definition) is 5. The van der Waals surface area contributed by atoms with Gasteiger partial charge in [0.2, 0.25) is 5.95 Å². The Morgan fingerprint density at radius 1 is 1.16 bits per heavy atom. The summed E-state index contributed by atoms with van der Waals surface area (Å²) in [4.78, 5) is 39.4. The van der Waals surface area contributed by atoms with E-state index in [9.17, 15) is 18.4 Å². The number of fused-ring (bicyclic) bond motifs is 1. The number of alkyl halides is 2. The van der Waals surface area contributed by atoms with Crippen molar-refractivity contribution in [2.24, 2.45) is 0 Å². The van der Waals surface area contributed by atoms with E-state index in [1.807, 2.05) is 0 Å². The van der Waals surface area contributed by atoms with Crippen LogP contribution in [0.15, 0.2) is 18.7 Å². The molecule has 8 nitrogen and oxygen atoms in total. The van der Waals surface area contributed by atoms with Crippen LogP contribution in [0.1, 0.15) is 60.3 Å². The van der Waals surface area contributed by atoms with E-state index in [2.05, 4.69) is 20.3 Å². The van der Waals surface area contributed by atoms with Crippen LogP contribution in [0.2, 0.25) is 0 Å². The SMILES string of the molecule is O=C(N[C@H]1CC[C@H](N2CCC(F)(F)C2=O)CC1)c1nc(-n2ccnc2)nc2c1CCC2. The highest BCUT2D eigenvalue weighted by Gasteiger charge is 2.50. The van der Waals surface area contributed by atoms with Gasteiger partial charge < -0.3 is 10.2 Å². The maximum absolute atomic E-state index is 13.6. The van der Waals surface area contributed by atoms with Crippen LogP contribution in [-0.4, -0.2) is 60.8 Å². The van der Waals surface area contributed by atoms with Gasteiger partial charge in [0.15, 0.2) is 0 Å². The van der Waals surface area contributed by atoms with Gasteiger partial charge in [0.1, 0.15) is 12.0 Å². The fourth-order valence-corrected chi connectivity index (χ4v) is 4.91. The highest BCUT2D eigenvalue weighted by molar-refractivity contribution is 5.94. The molecule has 1 aliphatic heterocycles. The molecule has 0 spiro atoms. The van der Waals surface area contributed by atoms with Gasteiger partial charge in [0.25, 0.3) is 11.8 Å². The highest BCUT2D eigenvalue weighted by atomic mass is 19.3. The number of carbonyl (C=O) groups excluding carboxylic acids is 2. The molecule has 1 saturated carbocycles. The van der Waals surface area contributed by atoms with E-state index in [1.54, 1.807) is 23.3 Å². The summed E-state index contributed by atoms with van der Waals surface area (Å²) < 4.78 is 28.8. The van der Waals surface area contributed by atoms with Crippen molar-refractivity contribution in [3.8, 4) is 5.95 Å². The molecular weight excluding hydrogens is 406 g/mol. The van der Waals surface area contributed by atoms with Crippen molar-refractivity contribution in [2.45, 2.75) is 69.4 Å². The van der Waals surface area contributed by atoms with Crippen LogP contribution in [0.5, 0.6) is 0 Å². The quantitative estimate of drug-likeness (QED) is 0.802. The summed E-state index contributed by atoms with van der Waals surface area (Å²) in [6, 6.07) is -0.240. The molecule has 164 valence electrons. The van der Waals surface area contributed by atoms with Crippen LogP contribution in [0.3, 0.4) is 0 Å². The summed E-state index contributed by atoms with van der Waals surface area (Å²) in [5, 5.41) is 3.07. The third-order valence-electron chi connectivity index (χ3n) is 6.58. The van der Waals surface area contributed by atoms with Gasteiger partial charge in [-0.25, -0.2) is 15.0 Å². The summed E-state index contributed by atoms with van der Waals surface area (Å²) in [6.45, 7) is 0.109. The molecule has 0 atom stereocenters. The molecule has 0 radical (unpaired) electrons. The van der Waals surface area contributed by atoms with E-state index in [0.717, 1.165) is 30.5 Å². The van der Waals surface area contributed by atoms with Crippen LogP contribution in [0, 0.1) is 0 Å². The largest absolute Gasteiger partial charge is 0.348 e. The van der Waals surface area contributed by atoms with Gasteiger partial charge in [-0.1, -0.05) is 0 Å².